The monoisotopic (exact) mass is 392 g/mol. The van der Waals surface area contributed by atoms with Crippen molar-refractivity contribution in [1.29, 1.82) is 0 Å². The maximum atomic E-state index is 11.8. The van der Waals surface area contributed by atoms with Crippen molar-refractivity contribution >= 4 is 40.2 Å². The molecular formula is C15H18ClIO2. The molecule has 0 spiro atoms. The lowest BCUT2D eigenvalue weighted by Gasteiger charge is -2.21. The first kappa shape index (κ1) is 16.5. The lowest BCUT2D eigenvalue weighted by molar-refractivity contribution is -0.145. The standard InChI is InChI=1S/C15H18ClIO2/c1-11(15(18)19-2)14(5-3-4-10-16)12-6-8-13(17)9-7-12/h3-4,6-9,11,14H,5,10H2,1-2H3/b4-3+/t11-,14-/m1/s1. The van der Waals surface area contributed by atoms with Gasteiger partial charge < -0.3 is 4.74 Å². The molecule has 0 unspecified atom stereocenters. The number of carbonyl (C=O) groups excluding carboxylic acids is 1. The average molecular weight is 393 g/mol. The number of esters is 1. The third-order valence-electron chi connectivity index (χ3n) is 3.12. The van der Waals surface area contributed by atoms with E-state index >= 15 is 0 Å². The maximum Gasteiger partial charge on any atom is 0.309 e. The molecule has 0 fully saturated rings. The van der Waals surface area contributed by atoms with Gasteiger partial charge in [0.15, 0.2) is 0 Å². The van der Waals surface area contributed by atoms with Crippen LogP contribution >= 0.6 is 34.2 Å². The van der Waals surface area contributed by atoms with E-state index in [9.17, 15) is 4.79 Å². The number of halogens is 2. The van der Waals surface area contributed by atoms with Crippen molar-refractivity contribution in [2.75, 3.05) is 13.0 Å². The first-order chi connectivity index (χ1) is 9.10. The van der Waals surface area contributed by atoms with E-state index in [2.05, 4.69) is 46.9 Å². The molecule has 0 radical (unpaired) electrons. The summed E-state index contributed by atoms with van der Waals surface area (Å²) in [5, 5.41) is 0. The first-order valence-corrected chi connectivity index (χ1v) is 7.75. The van der Waals surface area contributed by atoms with Crippen LogP contribution in [0.25, 0.3) is 0 Å². The van der Waals surface area contributed by atoms with Crippen LogP contribution in [0.15, 0.2) is 36.4 Å². The lowest BCUT2D eigenvalue weighted by atomic mass is 9.84. The van der Waals surface area contributed by atoms with Gasteiger partial charge in [0.1, 0.15) is 0 Å². The minimum absolute atomic E-state index is 0.115. The first-order valence-electron chi connectivity index (χ1n) is 6.14. The summed E-state index contributed by atoms with van der Waals surface area (Å²) in [6.45, 7) is 1.91. The second kappa shape index (κ2) is 8.59. The van der Waals surface area contributed by atoms with E-state index < -0.39 is 0 Å². The summed E-state index contributed by atoms with van der Waals surface area (Å²) in [5.41, 5.74) is 1.15. The molecule has 1 rings (SSSR count). The molecule has 19 heavy (non-hydrogen) atoms. The van der Waals surface area contributed by atoms with Gasteiger partial charge in [-0.3, -0.25) is 4.79 Å². The number of carbonyl (C=O) groups is 1. The van der Waals surface area contributed by atoms with Crippen molar-refractivity contribution in [2.45, 2.75) is 19.3 Å². The van der Waals surface area contributed by atoms with E-state index in [1.807, 2.05) is 19.1 Å². The van der Waals surface area contributed by atoms with Crippen LogP contribution < -0.4 is 0 Å². The summed E-state index contributed by atoms with van der Waals surface area (Å²) < 4.78 is 6.04. The Bertz CT molecular complexity index is 428. The maximum absolute atomic E-state index is 11.8. The van der Waals surface area contributed by atoms with Gasteiger partial charge in [-0.05, 0) is 46.7 Å². The number of hydrogen-bond donors (Lipinski definition) is 0. The van der Waals surface area contributed by atoms with E-state index in [1.54, 1.807) is 0 Å². The molecule has 0 heterocycles. The number of methoxy groups -OCH3 is 1. The molecule has 104 valence electrons. The third kappa shape index (κ3) is 5.15. The van der Waals surface area contributed by atoms with Gasteiger partial charge in [0.25, 0.3) is 0 Å². The van der Waals surface area contributed by atoms with Gasteiger partial charge in [-0.1, -0.05) is 31.2 Å². The highest BCUT2D eigenvalue weighted by Crippen LogP contribution is 2.30. The fraction of sp³-hybridized carbons (Fsp3) is 0.400. The van der Waals surface area contributed by atoms with Crippen LogP contribution in [-0.4, -0.2) is 19.0 Å². The Morgan fingerprint density at radius 2 is 2.00 bits per heavy atom. The van der Waals surface area contributed by atoms with E-state index in [4.69, 9.17) is 16.3 Å². The molecule has 0 bridgehead atoms. The fourth-order valence-corrected chi connectivity index (χ4v) is 2.48. The van der Waals surface area contributed by atoms with Crippen molar-refractivity contribution < 1.29 is 9.53 Å². The molecule has 0 N–H and O–H groups in total. The summed E-state index contributed by atoms with van der Waals surface area (Å²) in [4.78, 5) is 11.8. The highest BCUT2D eigenvalue weighted by atomic mass is 127. The Morgan fingerprint density at radius 1 is 1.37 bits per heavy atom. The quantitative estimate of drug-likeness (QED) is 0.311. The summed E-state index contributed by atoms with van der Waals surface area (Å²) >= 11 is 7.91. The summed E-state index contributed by atoms with van der Waals surface area (Å²) in [7, 11) is 1.43. The Morgan fingerprint density at radius 3 is 2.53 bits per heavy atom. The van der Waals surface area contributed by atoms with Crippen molar-refractivity contribution in [3.63, 3.8) is 0 Å². The van der Waals surface area contributed by atoms with Crippen LogP contribution in [0.5, 0.6) is 0 Å². The third-order valence-corrected chi connectivity index (χ3v) is 4.02. The lowest BCUT2D eigenvalue weighted by Crippen LogP contribution is -2.20. The number of allylic oxidation sites excluding steroid dienone is 2. The van der Waals surface area contributed by atoms with Gasteiger partial charge in [0, 0.05) is 15.4 Å². The molecule has 1 aromatic rings. The largest absolute Gasteiger partial charge is 0.469 e. The minimum atomic E-state index is -0.178. The zero-order valence-electron chi connectivity index (χ0n) is 11.1. The predicted octanol–water partition coefficient (Wildman–Crippen LogP) is 4.37. The van der Waals surface area contributed by atoms with Crippen LogP contribution in [0, 0.1) is 9.49 Å². The van der Waals surface area contributed by atoms with Crippen LogP contribution in [-0.2, 0) is 9.53 Å². The summed E-state index contributed by atoms with van der Waals surface area (Å²) in [6.07, 6.45) is 4.71. The summed E-state index contributed by atoms with van der Waals surface area (Å²) in [5.74, 6) is 0.253. The topological polar surface area (TPSA) is 26.3 Å². The number of benzene rings is 1. The van der Waals surface area contributed by atoms with Crippen molar-refractivity contribution in [2.24, 2.45) is 5.92 Å². The molecular weight excluding hydrogens is 375 g/mol. The average Bonchev–Trinajstić information content (AvgIpc) is 2.43. The number of rotatable bonds is 6. The van der Waals surface area contributed by atoms with Gasteiger partial charge in [0.05, 0.1) is 13.0 Å². The van der Waals surface area contributed by atoms with Gasteiger partial charge in [-0.15, -0.1) is 11.6 Å². The molecule has 4 heteroatoms. The molecule has 0 aliphatic rings. The number of alkyl halides is 1. The number of hydrogen-bond acceptors (Lipinski definition) is 2. The SMILES string of the molecule is COC(=O)[C@H](C)[C@@H](C/C=C/CCl)c1ccc(I)cc1. The molecule has 0 aliphatic carbocycles. The van der Waals surface area contributed by atoms with E-state index in [0.717, 1.165) is 12.0 Å². The van der Waals surface area contributed by atoms with Crippen molar-refractivity contribution in [3.05, 3.63) is 45.6 Å². The molecule has 0 saturated heterocycles. The summed E-state index contributed by atoms with van der Waals surface area (Å²) in [6, 6.07) is 8.25. The van der Waals surface area contributed by atoms with Crippen LogP contribution in [0.3, 0.4) is 0 Å². The van der Waals surface area contributed by atoms with Crippen molar-refractivity contribution in [1.82, 2.24) is 0 Å². The normalized spacial score (nSPS) is 14.3. The van der Waals surface area contributed by atoms with Gasteiger partial charge in [-0.2, -0.15) is 0 Å². The smallest absolute Gasteiger partial charge is 0.309 e. The minimum Gasteiger partial charge on any atom is -0.469 e. The highest BCUT2D eigenvalue weighted by molar-refractivity contribution is 14.1. The van der Waals surface area contributed by atoms with Gasteiger partial charge >= 0.3 is 5.97 Å². The molecule has 0 saturated carbocycles. The fourth-order valence-electron chi connectivity index (χ4n) is 1.99. The highest BCUT2D eigenvalue weighted by Gasteiger charge is 2.25. The molecule has 1 aromatic carbocycles. The number of ether oxygens (including phenoxy) is 1. The zero-order chi connectivity index (χ0) is 14.3. The van der Waals surface area contributed by atoms with Crippen LogP contribution in [0.1, 0.15) is 24.8 Å². The molecule has 2 atom stereocenters. The molecule has 2 nitrogen and oxygen atoms in total. The zero-order valence-corrected chi connectivity index (χ0v) is 14.0. The molecule has 0 aliphatic heterocycles. The van der Waals surface area contributed by atoms with Crippen molar-refractivity contribution in [3.8, 4) is 0 Å². The van der Waals surface area contributed by atoms with E-state index in [1.165, 1.54) is 10.7 Å². The van der Waals surface area contributed by atoms with Gasteiger partial charge in [-0.25, -0.2) is 0 Å². The predicted molar refractivity (Wildman–Crippen MR) is 87.6 cm³/mol. The van der Waals surface area contributed by atoms with Crippen LogP contribution in [0.4, 0.5) is 0 Å². The Balaban J connectivity index is 2.94. The molecule has 0 aromatic heterocycles. The van der Waals surface area contributed by atoms with E-state index in [0.29, 0.717) is 5.88 Å². The molecule has 0 amide bonds. The Labute approximate surface area is 133 Å². The second-order valence-electron chi connectivity index (χ2n) is 4.33. The Hall–Kier alpha value is -0.550. The van der Waals surface area contributed by atoms with Gasteiger partial charge in [0.2, 0.25) is 0 Å². The Kier molecular flexibility index (Phi) is 7.46. The van der Waals surface area contributed by atoms with E-state index in [-0.39, 0.29) is 17.8 Å². The second-order valence-corrected chi connectivity index (χ2v) is 5.89. The van der Waals surface area contributed by atoms with Crippen LogP contribution in [0.2, 0.25) is 0 Å².